The first-order valence-electron chi connectivity index (χ1n) is 8.70. The SMILES string of the molecule is CC[C@H](Oc1ccccc1C)c1nnc(Cc2cn3ccccc3n2)o1. The highest BCUT2D eigenvalue weighted by molar-refractivity contribution is 5.39. The van der Waals surface area contributed by atoms with Crippen molar-refractivity contribution >= 4 is 5.65 Å². The van der Waals surface area contributed by atoms with E-state index in [1.165, 1.54) is 0 Å². The fourth-order valence-electron chi connectivity index (χ4n) is 2.85. The second kappa shape index (κ2) is 7.00. The first kappa shape index (κ1) is 16.3. The Kier molecular flexibility index (Phi) is 4.39. The Hall–Kier alpha value is -3.15. The van der Waals surface area contributed by atoms with Crippen molar-refractivity contribution in [2.45, 2.75) is 32.8 Å². The summed E-state index contributed by atoms with van der Waals surface area (Å²) in [5, 5.41) is 8.36. The van der Waals surface area contributed by atoms with Crippen LogP contribution in [0.1, 0.15) is 42.5 Å². The van der Waals surface area contributed by atoms with Crippen LogP contribution >= 0.6 is 0 Å². The van der Waals surface area contributed by atoms with Crippen molar-refractivity contribution in [3.8, 4) is 5.75 Å². The summed E-state index contributed by atoms with van der Waals surface area (Å²) in [5.41, 5.74) is 2.87. The number of pyridine rings is 1. The third kappa shape index (κ3) is 3.31. The van der Waals surface area contributed by atoms with E-state index in [9.17, 15) is 0 Å². The molecule has 0 aliphatic carbocycles. The molecule has 132 valence electrons. The predicted octanol–water partition coefficient (Wildman–Crippen LogP) is 4.15. The molecule has 0 fully saturated rings. The lowest BCUT2D eigenvalue weighted by Gasteiger charge is -2.15. The third-order valence-corrected chi connectivity index (χ3v) is 4.24. The minimum absolute atomic E-state index is 0.265. The highest BCUT2D eigenvalue weighted by Crippen LogP contribution is 2.26. The topological polar surface area (TPSA) is 65.5 Å². The van der Waals surface area contributed by atoms with Crippen LogP contribution < -0.4 is 4.74 Å². The lowest BCUT2D eigenvalue weighted by atomic mass is 10.2. The smallest absolute Gasteiger partial charge is 0.256 e. The molecule has 0 unspecified atom stereocenters. The van der Waals surface area contributed by atoms with Crippen LogP contribution in [0, 0.1) is 6.92 Å². The summed E-state index contributed by atoms with van der Waals surface area (Å²) in [6, 6.07) is 13.8. The Bertz CT molecular complexity index is 988. The summed E-state index contributed by atoms with van der Waals surface area (Å²) >= 11 is 0. The summed E-state index contributed by atoms with van der Waals surface area (Å²) in [6.45, 7) is 4.06. The third-order valence-electron chi connectivity index (χ3n) is 4.24. The number of hydrogen-bond acceptors (Lipinski definition) is 5. The molecule has 0 bridgehead atoms. The highest BCUT2D eigenvalue weighted by Gasteiger charge is 2.20. The highest BCUT2D eigenvalue weighted by atomic mass is 16.5. The van der Waals surface area contributed by atoms with Crippen molar-refractivity contribution in [1.29, 1.82) is 0 Å². The first-order valence-corrected chi connectivity index (χ1v) is 8.70. The van der Waals surface area contributed by atoms with Gasteiger partial charge in [0.05, 0.1) is 12.1 Å². The molecule has 0 saturated heterocycles. The molecule has 4 rings (SSSR count). The molecule has 0 spiro atoms. The van der Waals surface area contributed by atoms with Gasteiger partial charge in [0.2, 0.25) is 5.89 Å². The molecule has 1 aromatic carbocycles. The Morgan fingerprint density at radius 1 is 1.12 bits per heavy atom. The number of para-hydroxylation sites is 1. The van der Waals surface area contributed by atoms with Gasteiger partial charge in [0, 0.05) is 12.4 Å². The van der Waals surface area contributed by atoms with Crippen LogP contribution in [0.3, 0.4) is 0 Å². The molecular formula is C20H20N4O2. The Morgan fingerprint density at radius 2 is 1.96 bits per heavy atom. The lowest BCUT2D eigenvalue weighted by molar-refractivity contribution is 0.162. The van der Waals surface area contributed by atoms with Crippen LogP contribution in [0.4, 0.5) is 0 Å². The molecule has 0 radical (unpaired) electrons. The van der Waals surface area contributed by atoms with Gasteiger partial charge in [0.25, 0.3) is 5.89 Å². The van der Waals surface area contributed by atoms with E-state index < -0.39 is 0 Å². The van der Waals surface area contributed by atoms with Gasteiger partial charge in [0.1, 0.15) is 11.4 Å². The van der Waals surface area contributed by atoms with Gasteiger partial charge in [-0.05, 0) is 37.1 Å². The van der Waals surface area contributed by atoms with Gasteiger partial charge in [0.15, 0.2) is 6.10 Å². The van der Waals surface area contributed by atoms with E-state index in [1.54, 1.807) is 0 Å². The normalized spacial score (nSPS) is 12.4. The van der Waals surface area contributed by atoms with Gasteiger partial charge in [-0.3, -0.25) is 0 Å². The summed E-state index contributed by atoms with van der Waals surface area (Å²) in [4.78, 5) is 4.57. The zero-order chi connectivity index (χ0) is 17.9. The van der Waals surface area contributed by atoms with E-state index in [-0.39, 0.29) is 6.10 Å². The average molecular weight is 348 g/mol. The largest absolute Gasteiger partial charge is 0.480 e. The molecule has 1 atom stereocenters. The molecule has 26 heavy (non-hydrogen) atoms. The molecule has 3 heterocycles. The summed E-state index contributed by atoms with van der Waals surface area (Å²) in [6.07, 6.45) is 4.91. The lowest BCUT2D eigenvalue weighted by Crippen LogP contribution is -2.07. The van der Waals surface area contributed by atoms with Gasteiger partial charge < -0.3 is 13.6 Å². The van der Waals surface area contributed by atoms with E-state index in [4.69, 9.17) is 9.15 Å². The quantitative estimate of drug-likeness (QED) is 0.524. The van der Waals surface area contributed by atoms with Gasteiger partial charge in [-0.25, -0.2) is 4.98 Å². The Morgan fingerprint density at radius 3 is 2.77 bits per heavy atom. The van der Waals surface area contributed by atoms with Crippen molar-refractivity contribution in [1.82, 2.24) is 19.6 Å². The molecule has 6 nitrogen and oxygen atoms in total. The van der Waals surface area contributed by atoms with Crippen LogP contribution in [-0.2, 0) is 6.42 Å². The van der Waals surface area contributed by atoms with Crippen LogP contribution in [0.15, 0.2) is 59.3 Å². The zero-order valence-corrected chi connectivity index (χ0v) is 14.8. The van der Waals surface area contributed by atoms with Gasteiger partial charge in [-0.2, -0.15) is 0 Å². The maximum absolute atomic E-state index is 6.08. The number of nitrogens with zero attached hydrogens (tertiary/aromatic N) is 4. The second-order valence-electron chi connectivity index (χ2n) is 6.19. The van der Waals surface area contributed by atoms with Crippen LogP contribution in [0.5, 0.6) is 5.75 Å². The summed E-state index contributed by atoms with van der Waals surface area (Å²) in [7, 11) is 0. The molecule has 0 N–H and O–H groups in total. The Labute approximate surface area is 151 Å². The van der Waals surface area contributed by atoms with Crippen molar-refractivity contribution in [2.24, 2.45) is 0 Å². The first-order chi connectivity index (χ1) is 12.7. The summed E-state index contributed by atoms with van der Waals surface area (Å²) in [5.74, 6) is 1.87. The van der Waals surface area contributed by atoms with Crippen LogP contribution in [0.25, 0.3) is 5.65 Å². The monoisotopic (exact) mass is 348 g/mol. The molecule has 0 saturated carbocycles. The van der Waals surface area contributed by atoms with Gasteiger partial charge >= 0.3 is 0 Å². The number of aromatic nitrogens is 4. The fraction of sp³-hybridized carbons (Fsp3) is 0.250. The minimum Gasteiger partial charge on any atom is -0.480 e. The number of rotatable bonds is 6. The maximum atomic E-state index is 6.08. The molecule has 0 aliphatic rings. The number of imidazole rings is 1. The van der Waals surface area contributed by atoms with Crippen LogP contribution in [0.2, 0.25) is 0 Å². The fourth-order valence-corrected chi connectivity index (χ4v) is 2.85. The standard InChI is InChI=1S/C20H20N4O2/c1-3-16(25-17-9-5-4-8-14(17)2)20-23-22-19(26-20)12-15-13-24-11-7-6-10-18(24)21-15/h4-11,13,16H,3,12H2,1-2H3/t16-/m0/s1. The van der Waals surface area contributed by atoms with E-state index >= 15 is 0 Å². The number of fused-ring (bicyclic) bond motifs is 1. The van der Waals surface area contributed by atoms with Crippen molar-refractivity contribution in [2.75, 3.05) is 0 Å². The molecule has 6 heteroatoms. The maximum Gasteiger partial charge on any atom is 0.256 e. The number of ether oxygens (including phenoxy) is 1. The van der Waals surface area contributed by atoms with Crippen molar-refractivity contribution in [3.05, 3.63) is 77.9 Å². The van der Waals surface area contributed by atoms with Gasteiger partial charge in [-0.1, -0.05) is 31.2 Å². The van der Waals surface area contributed by atoms with E-state index in [0.29, 0.717) is 18.2 Å². The number of benzene rings is 1. The zero-order valence-electron chi connectivity index (χ0n) is 14.8. The number of aryl methyl sites for hydroxylation is 1. The number of hydrogen-bond donors (Lipinski definition) is 0. The van der Waals surface area contributed by atoms with E-state index in [2.05, 4.69) is 15.2 Å². The predicted molar refractivity (Wildman–Crippen MR) is 97.1 cm³/mol. The minimum atomic E-state index is -0.265. The van der Waals surface area contributed by atoms with E-state index in [0.717, 1.165) is 29.1 Å². The van der Waals surface area contributed by atoms with Crippen molar-refractivity contribution in [3.63, 3.8) is 0 Å². The van der Waals surface area contributed by atoms with Crippen LogP contribution in [-0.4, -0.2) is 19.6 Å². The second-order valence-corrected chi connectivity index (χ2v) is 6.19. The van der Waals surface area contributed by atoms with Gasteiger partial charge in [-0.15, -0.1) is 10.2 Å². The molecule has 4 aromatic rings. The Balaban J connectivity index is 1.51. The summed E-state index contributed by atoms with van der Waals surface area (Å²) < 4.78 is 13.9. The molecular weight excluding hydrogens is 328 g/mol. The molecule has 0 aliphatic heterocycles. The van der Waals surface area contributed by atoms with E-state index in [1.807, 2.05) is 73.1 Å². The molecule has 0 amide bonds. The molecule has 3 aromatic heterocycles. The van der Waals surface area contributed by atoms with Crippen molar-refractivity contribution < 1.29 is 9.15 Å². The average Bonchev–Trinajstić information content (AvgIpc) is 3.27.